The monoisotopic (exact) mass is 205 g/mol. The minimum absolute atomic E-state index is 0.384. The number of rotatable bonds is 3. The van der Waals surface area contributed by atoms with Crippen LogP contribution in [0.3, 0.4) is 0 Å². The molecule has 2 rings (SSSR count). The van der Waals surface area contributed by atoms with E-state index in [2.05, 4.69) is 36.5 Å². The second-order valence-corrected chi connectivity index (χ2v) is 4.07. The first kappa shape index (κ1) is 10.7. The van der Waals surface area contributed by atoms with Crippen molar-refractivity contribution in [1.29, 1.82) is 0 Å². The van der Waals surface area contributed by atoms with E-state index < -0.39 is 0 Å². The highest BCUT2D eigenvalue weighted by Gasteiger charge is 2.14. The molecule has 0 spiro atoms. The number of ether oxygens (including phenoxy) is 1. The van der Waals surface area contributed by atoms with Gasteiger partial charge < -0.3 is 10.1 Å². The summed E-state index contributed by atoms with van der Waals surface area (Å²) < 4.78 is 5.45. The normalized spacial score (nSPS) is 21.5. The topological polar surface area (TPSA) is 21.3 Å². The smallest absolute Gasteiger partial charge is 0.0662 e. The molecule has 1 fully saturated rings. The van der Waals surface area contributed by atoms with E-state index in [0.717, 1.165) is 19.8 Å². The molecule has 1 heterocycles. The summed E-state index contributed by atoms with van der Waals surface area (Å²) in [6, 6.07) is 9.29. The van der Waals surface area contributed by atoms with Crippen LogP contribution in [0.15, 0.2) is 24.3 Å². The number of aryl methyl sites for hydroxylation is 1. The van der Waals surface area contributed by atoms with Crippen LogP contribution >= 0.6 is 0 Å². The zero-order chi connectivity index (χ0) is 10.5. The summed E-state index contributed by atoms with van der Waals surface area (Å²) in [6.07, 6.45) is 2.39. The van der Waals surface area contributed by atoms with Crippen molar-refractivity contribution in [3.63, 3.8) is 0 Å². The summed E-state index contributed by atoms with van der Waals surface area (Å²) in [7, 11) is 0. The van der Waals surface area contributed by atoms with E-state index in [0.29, 0.717) is 6.04 Å². The van der Waals surface area contributed by atoms with E-state index in [-0.39, 0.29) is 0 Å². The lowest BCUT2D eigenvalue weighted by Gasteiger charge is -2.24. The van der Waals surface area contributed by atoms with Gasteiger partial charge in [0.15, 0.2) is 0 Å². The van der Waals surface area contributed by atoms with E-state index in [1.165, 1.54) is 24.0 Å². The molecule has 1 N–H and O–H groups in total. The Morgan fingerprint density at radius 3 is 2.73 bits per heavy atom. The van der Waals surface area contributed by atoms with Crippen molar-refractivity contribution < 1.29 is 4.74 Å². The van der Waals surface area contributed by atoms with Crippen LogP contribution in [0.25, 0.3) is 0 Å². The first-order valence-electron chi connectivity index (χ1n) is 5.80. The number of hydrogen-bond donors (Lipinski definition) is 1. The Morgan fingerprint density at radius 2 is 2.13 bits per heavy atom. The lowest BCUT2D eigenvalue weighted by molar-refractivity contribution is 0.0769. The van der Waals surface area contributed by atoms with Crippen molar-refractivity contribution in [3.05, 3.63) is 35.4 Å². The zero-order valence-electron chi connectivity index (χ0n) is 9.33. The number of hydrogen-bond acceptors (Lipinski definition) is 2. The first-order chi connectivity index (χ1) is 7.40. The SMILES string of the molecule is CCCc1ccc(C2COCCN2)cc1. The quantitative estimate of drug-likeness (QED) is 0.817. The maximum absolute atomic E-state index is 5.45. The average Bonchev–Trinajstić information content (AvgIpc) is 2.32. The van der Waals surface area contributed by atoms with Crippen molar-refractivity contribution in [2.75, 3.05) is 19.8 Å². The summed E-state index contributed by atoms with van der Waals surface area (Å²) in [6.45, 7) is 4.81. The molecule has 1 unspecified atom stereocenters. The molecule has 0 aliphatic carbocycles. The van der Waals surface area contributed by atoms with Gasteiger partial charge in [-0.25, -0.2) is 0 Å². The maximum atomic E-state index is 5.45. The molecule has 0 aromatic heterocycles. The van der Waals surface area contributed by atoms with E-state index in [1.807, 2.05) is 0 Å². The van der Waals surface area contributed by atoms with Gasteiger partial charge in [0, 0.05) is 6.54 Å². The van der Waals surface area contributed by atoms with Gasteiger partial charge in [-0.2, -0.15) is 0 Å². The molecule has 1 atom stereocenters. The summed E-state index contributed by atoms with van der Waals surface area (Å²) in [4.78, 5) is 0. The first-order valence-corrected chi connectivity index (χ1v) is 5.80. The minimum atomic E-state index is 0.384. The van der Waals surface area contributed by atoms with Gasteiger partial charge in [0.25, 0.3) is 0 Å². The third-order valence-corrected chi connectivity index (χ3v) is 2.84. The second-order valence-electron chi connectivity index (χ2n) is 4.07. The molecular formula is C13H19NO. The number of nitrogens with one attached hydrogen (secondary N) is 1. The van der Waals surface area contributed by atoms with Gasteiger partial charge in [-0.15, -0.1) is 0 Å². The lowest BCUT2D eigenvalue weighted by Crippen LogP contribution is -2.34. The summed E-state index contributed by atoms with van der Waals surface area (Å²) >= 11 is 0. The highest BCUT2D eigenvalue weighted by molar-refractivity contribution is 5.25. The van der Waals surface area contributed by atoms with Gasteiger partial charge in [0.2, 0.25) is 0 Å². The van der Waals surface area contributed by atoms with E-state index >= 15 is 0 Å². The fourth-order valence-corrected chi connectivity index (χ4v) is 1.98. The summed E-state index contributed by atoms with van der Waals surface area (Å²) in [5.41, 5.74) is 2.77. The largest absolute Gasteiger partial charge is 0.378 e. The van der Waals surface area contributed by atoms with Crippen LogP contribution in [0.5, 0.6) is 0 Å². The predicted molar refractivity (Wildman–Crippen MR) is 62.0 cm³/mol. The van der Waals surface area contributed by atoms with Crippen LogP contribution < -0.4 is 5.32 Å². The molecule has 15 heavy (non-hydrogen) atoms. The molecule has 0 saturated carbocycles. The van der Waals surface area contributed by atoms with Gasteiger partial charge in [-0.1, -0.05) is 37.6 Å². The Hall–Kier alpha value is -0.860. The molecule has 0 bridgehead atoms. The highest BCUT2D eigenvalue weighted by atomic mass is 16.5. The molecule has 2 heteroatoms. The second kappa shape index (κ2) is 5.29. The summed E-state index contributed by atoms with van der Waals surface area (Å²) in [5.74, 6) is 0. The molecule has 82 valence electrons. The molecule has 1 saturated heterocycles. The Bertz CT molecular complexity index is 288. The van der Waals surface area contributed by atoms with Crippen molar-refractivity contribution >= 4 is 0 Å². The molecule has 0 radical (unpaired) electrons. The molecular weight excluding hydrogens is 186 g/mol. The van der Waals surface area contributed by atoms with Gasteiger partial charge >= 0.3 is 0 Å². The number of morpholine rings is 1. The fourth-order valence-electron chi connectivity index (χ4n) is 1.98. The molecule has 2 nitrogen and oxygen atoms in total. The minimum Gasteiger partial charge on any atom is -0.378 e. The van der Waals surface area contributed by atoms with Crippen LogP contribution in [-0.4, -0.2) is 19.8 Å². The predicted octanol–water partition coefficient (Wildman–Crippen LogP) is 2.30. The molecule has 1 aliphatic heterocycles. The van der Waals surface area contributed by atoms with Crippen molar-refractivity contribution in [1.82, 2.24) is 5.32 Å². The van der Waals surface area contributed by atoms with Crippen LogP contribution in [0.4, 0.5) is 0 Å². The van der Waals surface area contributed by atoms with E-state index in [4.69, 9.17) is 4.74 Å². The Morgan fingerprint density at radius 1 is 1.33 bits per heavy atom. The van der Waals surface area contributed by atoms with Crippen molar-refractivity contribution in [2.24, 2.45) is 0 Å². The van der Waals surface area contributed by atoms with Crippen LogP contribution in [0.2, 0.25) is 0 Å². The Balaban J connectivity index is 2.02. The van der Waals surface area contributed by atoms with Crippen molar-refractivity contribution in [2.45, 2.75) is 25.8 Å². The third-order valence-electron chi connectivity index (χ3n) is 2.84. The van der Waals surface area contributed by atoms with Crippen LogP contribution in [0.1, 0.15) is 30.5 Å². The molecule has 1 aliphatic rings. The number of benzene rings is 1. The molecule has 1 aromatic rings. The Labute approximate surface area is 91.6 Å². The summed E-state index contributed by atoms with van der Waals surface area (Å²) in [5, 5.41) is 3.46. The van der Waals surface area contributed by atoms with Gasteiger partial charge in [0.05, 0.1) is 19.3 Å². The zero-order valence-corrected chi connectivity index (χ0v) is 9.33. The van der Waals surface area contributed by atoms with E-state index in [9.17, 15) is 0 Å². The average molecular weight is 205 g/mol. The van der Waals surface area contributed by atoms with Gasteiger partial charge in [0.1, 0.15) is 0 Å². The van der Waals surface area contributed by atoms with Gasteiger partial charge in [-0.05, 0) is 17.5 Å². The van der Waals surface area contributed by atoms with E-state index in [1.54, 1.807) is 0 Å². The van der Waals surface area contributed by atoms with Crippen LogP contribution in [-0.2, 0) is 11.2 Å². The lowest BCUT2D eigenvalue weighted by atomic mass is 10.0. The molecule has 1 aromatic carbocycles. The maximum Gasteiger partial charge on any atom is 0.0662 e. The third kappa shape index (κ3) is 2.80. The fraction of sp³-hybridized carbons (Fsp3) is 0.538. The van der Waals surface area contributed by atoms with Gasteiger partial charge in [-0.3, -0.25) is 0 Å². The Kier molecular flexibility index (Phi) is 3.75. The standard InChI is InChI=1S/C13H19NO/c1-2-3-11-4-6-12(7-5-11)13-10-15-9-8-14-13/h4-7,13-14H,2-3,8-10H2,1H3. The molecule has 0 amide bonds. The van der Waals surface area contributed by atoms with Crippen LogP contribution in [0, 0.1) is 0 Å². The highest BCUT2D eigenvalue weighted by Crippen LogP contribution is 2.16. The van der Waals surface area contributed by atoms with Crippen molar-refractivity contribution in [3.8, 4) is 0 Å².